The zero-order valence-corrected chi connectivity index (χ0v) is 12.1. The van der Waals surface area contributed by atoms with Crippen LogP contribution >= 0.6 is 11.6 Å². The molecule has 0 saturated heterocycles. The maximum atomic E-state index is 13.6. The Balaban J connectivity index is 2.09. The molecular weight excluding hydrogens is 289 g/mol. The molecule has 3 nitrogen and oxygen atoms in total. The Bertz CT molecular complexity index is 587. The average Bonchev–Trinajstić information content (AvgIpc) is 2.63. The highest BCUT2D eigenvalue weighted by molar-refractivity contribution is 7.83. The Labute approximate surface area is 118 Å². The molecule has 19 heavy (non-hydrogen) atoms. The number of rotatable bonds is 4. The fourth-order valence-corrected chi connectivity index (χ4v) is 3.05. The highest BCUT2D eigenvalue weighted by Crippen LogP contribution is 2.21. The molecule has 0 bridgehead atoms. The number of hydrogen-bond acceptors (Lipinski definition) is 3. The molecule has 0 unspecified atom stereocenters. The second-order valence-electron chi connectivity index (χ2n) is 4.18. The number of hydrogen-bond donors (Lipinski definition) is 0. The van der Waals surface area contributed by atoms with Crippen molar-refractivity contribution in [1.29, 1.82) is 0 Å². The van der Waals surface area contributed by atoms with Gasteiger partial charge in [0, 0.05) is 21.4 Å². The van der Waals surface area contributed by atoms with E-state index in [0.29, 0.717) is 11.7 Å². The molecule has 0 aliphatic carbocycles. The van der Waals surface area contributed by atoms with Gasteiger partial charge >= 0.3 is 0 Å². The van der Waals surface area contributed by atoms with Crippen LogP contribution in [0.1, 0.15) is 22.9 Å². The van der Waals surface area contributed by atoms with E-state index in [1.54, 1.807) is 13.0 Å². The maximum absolute atomic E-state index is 13.6. The summed E-state index contributed by atoms with van der Waals surface area (Å²) >= 11 is 5.89. The van der Waals surface area contributed by atoms with Gasteiger partial charge in [0.25, 0.3) is 0 Å². The number of halogens is 2. The van der Waals surface area contributed by atoms with Crippen LogP contribution in [-0.2, 0) is 22.3 Å². The molecule has 0 aliphatic heterocycles. The normalized spacial score (nSPS) is 12.6. The van der Waals surface area contributed by atoms with Crippen molar-refractivity contribution in [2.24, 2.45) is 0 Å². The molecule has 1 atom stereocenters. The van der Waals surface area contributed by atoms with Crippen LogP contribution in [0.25, 0.3) is 0 Å². The monoisotopic (exact) mass is 301 g/mol. The van der Waals surface area contributed by atoms with Crippen LogP contribution in [0, 0.1) is 19.7 Å². The third-order valence-electron chi connectivity index (χ3n) is 2.72. The summed E-state index contributed by atoms with van der Waals surface area (Å²) in [4.78, 5) is 4.15. The number of benzene rings is 1. The maximum Gasteiger partial charge on any atom is 0.207 e. The van der Waals surface area contributed by atoms with Gasteiger partial charge in [0.2, 0.25) is 5.89 Å². The minimum atomic E-state index is -1.32. The van der Waals surface area contributed by atoms with Crippen molar-refractivity contribution in [3.05, 3.63) is 51.9 Å². The van der Waals surface area contributed by atoms with Crippen LogP contribution in [0.2, 0.25) is 5.02 Å². The van der Waals surface area contributed by atoms with Gasteiger partial charge in [-0.2, -0.15) is 0 Å². The van der Waals surface area contributed by atoms with Gasteiger partial charge in [-0.15, -0.1) is 0 Å². The first-order valence-electron chi connectivity index (χ1n) is 5.68. The van der Waals surface area contributed by atoms with Crippen LogP contribution in [-0.4, -0.2) is 9.19 Å². The Morgan fingerprint density at radius 2 is 2.11 bits per heavy atom. The summed E-state index contributed by atoms with van der Waals surface area (Å²) in [6, 6.07) is 4.40. The summed E-state index contributed by atoms with van der Waals surface area (Å²) < 4.78 is 30.9. The molecule has 2 aromatic rings. The van der Waals surface area contributed by atoms with E-state index >= 15 is 0 Å². The average molecular weight is 302 g/mol. The summed E-state index contributed by atoms with van der Waals surface area (Å²) in [5, 5.41) is 0.285. The van der Waals surface area contributed by atoms with Gasteiger partial charge in [-0.1, -0.05) is 17.7 Å². The van der Waals surface area contributed by atoms with Crippen molar-refractivity contribution >= 4 is 22.4 Å². The molecule has 0 saturated carbocycles. The Hall–Kier alpha value is -1.20. The Morgan fingerprint density at radius 1 is 1.37 bits per heavy atom. The number of oxazole rings is 1. The van der Waals surface area contributed by atoms with Gasteiger partial charge in [-0.05, 0) is 26.0 Å². The number of aryl methyl sites for hydroxylation is 2. The van der Waals surface area contributed by atoms with Crippen molar-refractivity contribution < 1.29 is 13.0 Å². The molecule has 1 aromatic carbocycles. The van der Waals surface area contributed by atoms with Gasteiger partial charge in [0.05, 0.1) is 11.4 Å². The molecule has 2 rings (SSSR count). The number of nitrogens with zero attached hydrogens (tertiary/aromatic N) is 1. The lowest BCUT2D eigenvalue weighted by molar-refractivity contribution is 0.487. The second-order valence-corrected chi connectivity index (χ2v) is 6.04. The van der Waals surface area contributed by atoms with Gasteiger partial charge in [0.15, 0.2) is 0 Å². The number of aromatic nitrogens is 1. The van der Waals surface area contributed by atoms with E-state index in [0.717, 1.165) is 5.69 Å². The van der Waals surface area contributed by atoms with Crippen molar-refractivity contribution in [3.8, 4) is 0 Å². The van der Waals surface area contributed by atoms with E-state index in [1.807, 2.05) is 6.92 Å². The van der Waals surface area contributed by atoms with Crippen LogP contribution in [0.15, 0.2) is 22.6 Å². The van der Waals surface area contributed by atoms with Gasteiger partial charge in [-0.25, -0.2) is 9.37 Å². The van der Waals surface area contributed by atoms with Gasteiger partial charge in [0.1, 0.15) is 17.3 Å². The fourth-order valence-electron chi connectivity index (χ4n) is 1.62. The SMILES string of the molecule is Cc1nc(C[S@@](=O)Cc2c(F)cccc2Cl)oc1C. The lowest BCUT2D eigenvalue weighted by atomic mass is 10.2. The van der Waals surface area contributed by atoms with E-state index < -0.39 is 16.6 Å². The lowest BCUT2D eigenvalue weighted by Crippen LogP contribution is -2.02. The molecule has 0 fully saturated rings. The first kappa shape index (κ1) is 14.2. The molecule has 102 valence electrons. The zero-order valence-electron chi connectivity index (χ0n) is 10.6. The van der Waals surface area contributed by atoms with Crippen molar-refractivity contribution in [3.63, 3.8) is 0 Å². The summed E-state index contributed by atoms with van der Waals surface area (Å²) in [5.74, 6) is 0.864. The smallest absolute Gasteiger partial charge is 0.207 e. The van der Waals surface area contributed by atoms with E-state index in [2.05, 4.69) is 4.98 Å². The standard InChI is InChI=1S/C13H13ClFNO2S/c1-8-9(2)18-13(16-8)7-19(17)6-10-11(14)4-3-5-12(10)15/h3-5H,6-7H2,1-2H3/t19-/m0/s1. The summed E-state index contributed by atoms with van der Waals surface area (Å²) in [6.45, 7) is 3.61. The van der Waals surface area contributed by atoms with Crippen molar-refractivity contribution in [2.45, 2.75) is 25.4 Å². The highest BCUT2D eigenvalue weighted by atomic mass is 35.5. The van der Waals surface area contributed by atoms with E-state index in [9.17, 15) is 8.60 Å². The third kappa shape index (κ3) is 3.42. The lowest BCUT2D eigenvalue weighted by Gasteiger charge is -2.04. The minimum absolute atomic E-state index is 0.0476. The first-order chi connectivity index (χ1) is 8.97. The molecular formula is C13H13ClFNO2S. The molecule has 0 spiro atoms. The van der Waals surface area contributed by atoms with Crippen LogP contribution < -0.4 is 0 Å². The molecule has 0 aliphatic rings. The van der Waals surface area contributed by atoms with Gasteiger partial charge < -0.3 is 4.42 Å². The van der Waals surface area contributed by atoms with Crippen molar-refractivity contribution in [2.75, 3.05) is 0 Å². The summed E-state index contributed by atoms with van der Waals surface area (Å²) in [6.07, 6.45) is 0. The zero-order chi connectivity index (χ0) is 14.0. The molecule has 6 heteroatoms. The van der Waals surface area contributed by atoms with Crippen LogP contribution in [0.5, 0.6) is 0 Å². The minimum Gasteiger partial charge on any atom is -0.445 e. The predicted molar refractivity (Wildman–Crippen MR) is 72.9 cm³/mol. The highest BCUT2D eigenvalue weighted by Gasteiger charge is 2.14. The molecule has 0 N–H and O–H groups in total. The van der Waals surface area contributed by atoms with E-state index in [4.69, 9.17) is 16.0 Å². The van der Waals surface area contributed by atoms with Crippen LogP contribution in [0.3, 0.4) is 0 Å². The molecule has 1 heterocycles. The quantitative estimate of drug-likeness (QED) is 0.867. The molecule has 1 aromatic heterocycles. The largest absolute Gasteiger partial charge is 0.445 e. The van der Waals surface area contributed by atoms with E-state index in [1.165, 1.54) is 12.1 Å². The fraction of sp³-hybridized carbons (Fsp3) is 0.308. The summed E-state index contributed by atoms with van der Waals surface area (Å²) in [7, 11) is -1.32. The summed E-state index contributed by atoms with van der Waals surface area (Å²) in [5.41, 5.74) is 1.04. The third-order valence-corrected chi connectivity index (χ3v) is 4.26. The molecule has 0 radical (unpaired) electrons. The Morgan fingerprint density at radius 3 is 2.68 bits per heavy atom. The van der Waals surface area contributed by atoms with Gasteiger partial charge in [-0.3, -0.25) is 4.21 Å². The van der Waals surface area contributed by atoms with Crippen LogP contribution in [0.4, 0.5) is 4.39 Å². The topological polar surface area (TPSA) is 43.1 Å². The second kappa shape index (κ2) is 5.84. The Kier molecular flexibility index (Phi) is 4.37. The molecule has 0 amide bonds. The predicted octanol–water partition coefficient (Wildman–Crippen LogP) is 3.53. The van der Waals surface area contributed by atoms with E-state index in [-0.39, 0.29) is 22.1 Å². The first-order valence-corrected chi connectivity index (χ1v) is 7.54. The van der Waals surface area contributed by atoms with Crippen molar-refractivity contribution in [1.82, 2.24) is 4.98 Å².